The molecule has 0 atom stereocenters. The molecule has 0 bridgehead atoms. The Hall–Kier alpha value is -1.86. The molecule has 1 amide bonds. The van der Waals surface area contributed by atoms with Gasteiger partial charge >= 0.3 is 0 Å². The Morgan fingerprint density at radius 2 is 2.41 bits per heavy atom. The maximum absolute atomic E-state index is 11.4. The van der Waals surface area contributed by atoms with E-state index in [2.05, 4.69) is 21.0 Å². The third kappa shape index (κ3) is 5.14. The number of nitrogen functional groups attached to an aromatic ring is 1. The lowest BCUT2D eigenvalue weighted by Crippen LogP contribution is -2.32. The number of aromatic nitrogens is 1. The van der Waals surface area contributed by atoms with Gasteiger partial charge in [0, 0.05) is 31.6 Å². The Morgan fingerprint density at radius 3 is 3.12 bits per heavy atom. The van der Waals surface area contributed by atoms with Gasteiger partial charge in [-0.3, -0.25) is 4.79 Å². The molecular formula is C10H17N5O2. The first-order chi connectivity index (χ1) is 8.26. The number of methoxy groups -OCH3 is 1. The van der Waals surface area contributed by atoms with Crippen molar-refractivity contribution in [3.05, 3.63) is 18.3 Å². The van der Waals surface area contributed by atoms with E-state index < -0.39 is 0 Å². The molecule has 0 spiro atoms. The lowest BCUT2D eigenvalue weighted by atomic mass is 10.4. The minimum atomic E-state index is -0.0962. The number of nitrogens with zero attached hydrogens (tertiary/aromatic N) is 1. The van der Waals surface area contributed by atoms with Crippen LogP contribution in [-0.4, -0.2) is 37.7 Å². The monoisotopic (exact) mass is 239 g/mol. The summed E-state index contributed by atoms with van der Waals surface area (Å²) in [5.41, 5.74) is 3.20. The third-order valence-corrected chi connectivity index (χ3v) is 1.99. The van der Waals surface area contributed by atoms with Gasteiger partial charge in [0.1, 0.15) is 5.82 Å². The van der Waals surface area contributed by atoms with Crippen LogP contribution in [0.2, 0.25) is 0 Å². The van der Waals surface area contributed by atoms with Crippen molar-refractivity contribution in [3.63, 3.8) is 0 Å². The Balaban J connectivity index is 2.31. The van der Waals surface area contributed by atoms with Crippen LogP contribution in [-0.2, 0) is 9.53 Å². The van der Waals surface area contributed by atoms with Crippen LogP contribution in [0.3, 0.4) is 0 Å². The summed E-state index contributed by atoms with van der Waals surface area (Å²) in [4.78, 5) is 15.3. The first-order valence-electron chi connectivity index (χ1n) is 5.18. The number of nitrogens with two attached hydrogens (primary N) is 1. The molecule has 1 aromatic rings. The van der Waals surface area contributed by atoms with Crippen LogP contribution in [0.25, 0.3) is 0 Å². The molecule has 0 aliphatic carbocycles. The highest BCUT2D eigenvalue weighted by atomic mass is 16.5. The topological polar surface area (TPSA) is 101 Å². The van der Waals surface area contributed by atoms with E-state index in [-0.39, 0.29) is 12.5 Å². The summed E-state index contributed by atoms with van der Waals surface area (Å²) in [6.45, 7) is 1.20. The molecule has 0 aliphatic heterocycles. The van der Waals surface area contributed by atoms with Gasteiger partial charge in [0.25, 0.3) is 0 Å². The van der Waals surface area contributed by atoms with Gasteiger partial charge in [-0.1, -0.05) is 0 Å². The van der Waals surface area contributed by atoms with Gasteiger partial charge in [-0.2, -0.15) is 0 Å². The predicted molar refractivity (Wildman–Crippen MR) is 65.4 cm³/mol. The second kappa shape index (κ2) is 7.42. The van der Waals surface area contributed by atoms with Crippen LogP contribution in [0.5, 0.6) is 0 Å². The fraction of sp³-hybridized carbons (Fsp3) is 0.400. The zero-order valence-electron chi connectivity index (χ0n) is 9.69. The zero-order chi connectivity index (χ0) is 12.5. The Bertz CT molecular complexity index is 358. The number of hydrazine groups is 1. The average molecular weight is 239 g/mol. The molecule has 0 unspecified atom stereocenters. The molecule has 5 N–H and O–H groups in total. The van der Waals surface area contributed by atoms with Crippen molar-refractivity contribution in [1.82, 2.24) is 10.3 Å². The second-order valence-electron chi connectivity index (χ2n) is 3.27. The van der Waals surface area contributed by atoms with E-state index in [1.54, 1.807) is 25.4 Å². The average Bonchev–Trinajstić information content (AvgIpc) is 2.37. The number of pyridine rings is 1. The van der Waals surface area contributed by atoms with Crippen molar-refractivity contribution < 1.29 is 9.53 Å². The third-order valence-electron chi connectivity index (χ3n) is 1.99. The summed E-state index contributed by atoms with van der Waals surface area (Å²) in [5, 5.41) is 5.66. The quantitative estimate of drug-likeness (QED) is 0.292. The summed E-state index contributed by atoms with van der Waals surface area (Å²) < 4.78 is 4.82. The number of carbonyl (C=O) groups excluding carboxylic acids is 1. The van der Waals surface area contributed by atoms with Gasteiger partial charge in [0.2, 0.25) is 5.91 Å². The molecule has 94 valence electrons. The maximum Gasteiger partial charge on any atom is 0.239 e. The number of amides is 1. The SMILES string of the molecule is COCCNC(=O)CNc1ccnc(NN)c1. The van der Waals surface area contributed by atoms with Crippen LogP contribution in [0.1, 0.15) is 0 Å². The maximum atomic E-state index is 11.4. The molecule has 7 nitrogen and oxygen atoms in total. The molecule has 0 fully saturated rings. The second-order valence-corrected chi connectivity index (χ2v) is 3.27. The van der Waals surface area contributed by atoms with Crippen LogP contribution in [0.4, 0.5) is 11.5 Å². The van der Waals surface area contributed by atoms with Gasteiger partial charge in [0.05, 0.1) is 13.2 Å². The van der Waals surface area contributed by atoms with Crippen LogP contribution < -0.4 is 21.9 Å². The smallest absolute Gasteiger partial charge is 0.239 e. The largest absolute Gasteiger partial charge is 0.383 e. The van der Waals surface area contributed by atoms with Gasteiger partial charge in [0.15, 0.2) is 0 Å². The molecule has 17 heavy (non-hydrogen) atoms. The zero-order valence-corrected chi connectivity index (χ0v) is 9.69. The lowest BCUT2D eigenvalue weighted by Gasteiger charge is -2.08. The van der Waals surface area contributed by atoms with E-state index in [4.69, 9.17) is 10.6 Å². The fourth-order valence-corrected chi connectivity index (χ4v) is 1.16. The van der Waals surface area contributed by atoms with Gasteiger partial charge in [-0.15, -0.1) is 0 Å². The molecule has 0 aliphatic rings. The van der Waals surface area contributed by atoms with Crippen molar-refractivity contribution in [1.29, 1.82) is 0 Å². The Labute approximate surface area is 99.7 Å². The van der Waals surface area contributed by atoms with E-state index in [0.717, 1.165) is 5.69 Å². The summed E-state index contributed by atoms with van der Waals surface area (Å²) in [6.07, 6.45) is 1.60. The number of anilines is 2. The predicted octanol–water partition coefficient (Wildman–Crippen LogP) is -0.458. The minimum Gasteiger partial charge on any atom is -0.383 e. The standard InChI is InChI=1S/C10H17N5O2/c1-17-5-4-13-10(16)7-14-8-2-3-12-9(6-8)15-11/h2-3,6H,4-5,7,11H2,1H3,(H,13,16)(H2,12,14,15). The van der Waals surface area contributed by atoms with Gasteiger partial charge in [-0.25, -0.2) is 10.8 Å². The molecular weight excluding hydrogens is 222 g/mol. The number of nitrogens with one attached hydrogen (secondary N) is 3. The molecule has 1 heterocycles. The summed E-state index contributed by atoms with van der Waals surface area (Å²) >= 11 is 0. The molecule has 7 heteroatoms. The molecule has 0 saturated heterocycles. The van der Waals surface area contributed by atoms with E-state index in [1.165, 1.54) is 0 Å². The van der Waals surface area contributed by atoms with Gasteiger partial charge in [-0.05, 0) is 6.07 Å². The number of carbonyl (C=O) groups is 1. The summed E-state index contributed by atoms with van der Waals surface area (Å²) in [7, 11) is 1.59. The van der Waals surface area contributed by atoms with Gasteiger partial charge < -0.3 is 20.8 Å². The van der Waals surface area contributed by atoms with E-state index >= 15 is 0 Å². The van der Waals surface area contributed by atoms with E-state index in [1.807, 2.05) is 0 Å². The number of hydrogen-bond donors (Lipinski definition) is 4. The number of hydrogen-bond acceptors (Lipinski definition) is 6. The lowest BCUT2D eigenvalue weighted by molar-refractivity contribution is -0.119. The molecule has 1 aromatic heterocycles. The molecule has 0 aromatic carbocycles. The first-order valence-corrected chi connectivity index (χ1v) is 5.18. The van der Waals surface area contributed by atoms with Crippen molar-refractivity contribution >= 4 is 17.4 Å². The van der Waals surface area contributed by atoms with E-state index in [0.29, 0.717) is 19.0 Å². The molecule has 1 rings (SSSR count). The minimum absolute atomic E-state index is 0.0962. The number of rotatable bonds is 7. The normalized spacial score (nSPS) is 9.76. The highest BCUT2D eigenvalue weighted by Gasteiger charge is 2.00. The van der Waals surface area contributed by atoms with Crippen molar-refractivity contribution in [2.24, 2.45) is 5.84 Å². The van der Waals surface area contributed by atoms with Crippen LogP contribution >= 0.6 is 0 Å². The fourth-order valence-electron chi connectivity index (χ4n) is 1.16. The van der Waals surface area contributed by atoms with Crippen molar-refractivity contribution in [2.75, 3.05) is 37.5 Å². The first kappa shape index (κ1) is 13.2. The summed E-state index contributed by atoms with van der Waals surface area (Å²) in [5.74, 6) is 5.66. The molecule has 0 radical (unpaired) electrons. The summed E-state index contributed by atoms with van der Waals surface area (Å²) in [6, 6.07) is 3.46. The van der Waals surface area contributed by atoms with Crippen LogP contribution in [0.15, 0.2) is 18.3 Å². The Kier molecular flexibility index (Phi) is 5.76. The highest BCUT2D eigenvalue weighted by molar-refractivity contribution is 5.80. The molecule has 0 saturated carbocycles. The Morgan fingerprint density at radius 1 is 1.59 bits per heavy atom. The van der Waals surface area contributed by atoms with Crippen LogP contribution in [0, 0.1) is 0 Å². The van der Waals surface area contributed by atoms with Crippen molar-refractivity contribution in [2.45, 2.75) is 0 Å². The van der Waals surface area contributed by atoms with Crippen molar-refractivity contribution in [3.8, 4) is 0 Å². The number of ether oxygens (including phenoxy) is 1. The van der Waals surface area contributed by atoms with E-state index in [9.17, 15) is 4.79 Å². The highest BCUT2D eigenvalue weighted by Crippen LogP contribution is 2.09.